The fraction of sp³-hybridized carbons (Fsp3) is 0.273. The Morgan fingerprint density at radius 1 is 1.10 bits per heavy atom. The number of hydrogen-bond acceptors (Lipinski definition) is 6. The van der Waals surface area contributed by atoms with Crippen LogP contribution in [0.25, 0.3) is 10.9 Å². The number of benzene rings is 2. The van der Waals surface area contributed by atoms with E-state index >= 15 is 0 Å². The molecule has 0 fully saturated rings. The Hall–Kier alpha value is -2.68. The molecular formula is C22H24ClN3O4S. The number of carbonyl (C=O) groups is 1. The second kappa shape index (κ2) is 9.64. The molecule has 2 aromatic carbocycles. The number of aromatic nitrogens is 1. The number of esters is 1. The zero-order valence-corrected chi connectivity index (χ0v) is 19.1. The van der Waals surface area contributed by atoms with Crippen molar-refractivity contribution >= 4 is 49.9 Å². The molecule has 0 aliphatic carbocycles. The monoisotopic (exact) mass is 461 g/mol. The minimum Gasteiger partial charge on any atom is -0.462 e. The molecule has 1 aromatic heterocycles. The summed E-state index contributed by atoms with van der Waals surface area (Å²) in [7, 11) is -3.56. The van der Waals surface area contributed by atoms with Crippen molar-refractivity contribution in [2.24, 2.45) is 0 Å². The van der Waals surface area contributed by atoms with E-state index in [4.69, 9.17) is 16.3 Å². The molecule has 1 N–H and O–H groups in total. The molecule has 0 saturated carbocycles. The van der Waals surface area contributed by atoms with Crippen LogP contribution in [-0.2, 0) is 14.8 Å². The Bertz CT molecular complexity index is 1190. The van der Waals surface area contributed by atoms with E-state index in [2.05, 4.69) is 10.3 Å². The highest BCUT2D eigenvalue weighted by Gasteiger charge is 2.22. The van der Waals surface area contributed by atoms with Crippen molar-refractivity contribution in [3.63, 3.8) is 0 Å². The van der Waals surface area contributed by atoms with Gasteiger partial charge < -0.3 is 10.1 Å². The number of anilines is 2. The van der Waals surface area contributed by atoms with E-state index < -0.39 is 16.0 Å². The number of nitrogens with one attached hydrogen (secondary N) is 1. The van der Waals surface area contributed by atoms with Crippen LogP contribution in [0.3, 0.4) is 0 Å². The number of sulfonamides is 1. The molecule has 3 rings (SSSR count). The summed E-state index contributed by atoms with van der Waals surface area (Å²) in [5, 5.41) is 4.36. The van der Waals surface area contributed by atoms with E-state index in [1.807, 2.05) is 0 Å². The maximum absolute atomic E-state index is 12.7. The lowest BCUT2D eigenvalue weighted by Crippen LogP contribution is -2.30. The third-order valence-corrected chi connectivity index (χ3v) is 7.09. The Morgan fingerprint density at radius 3 is 2.39 bits per heavy atom. The smallest absolute Gasteiger partial charge is 0.341 e. The van der Waals surface area contributed by atoms with E-state index in [-0.39, 0.29) is 17.1 Å². The molecule has 7 nitrogen and oxygen atoms in total. The summed E-state index contributed by atoms with van der Waals surface area (Å²) in [6.45, 7) is 6.34. The summed E-state index contributed by atoms with van der Waals surface area (Å²) >= 11 is 6.17. The quantitative estimate of drug-likeness (QED) is 0.483. The van der Waals surface area contributed by atoms with E-state index in [1.54, 1.807) is 51.1 Å². The van der Waals surface area contributed by atoms with Gasteiger partial charge in [0.25, 0.3) is 0 Å². The molecule has 0 unspecified atom stereocenters. The second-order valence-electron chi connectivity index (χ2n) is 6.67. The Morgan fingerprint density at radius 2 is 1.77 bits per heavy atom. The number of pyridine rings is 1. The van der Waals surface area contributed by atoms with Gasteiger partial charge in [-0.15, -0.1) is 0 Å². The molecule has 0 aliphatic rings. The van der Waals surface area contributed by atoms with Gasteiger partial charge in [0.15, 0.2) is 0 Å². The Balaban J connectivity index is 2.03. The largest absolute Gasteiger partial charge is 0.462 e. The van der Waals surface area contributed by atoms with Crippen molar-refractivity contribution in [3.8, 4) is 0 Å². The van der Waals surface area contributed by atoms with Gasteiger partial charge in [-0.25, -0.2) is 13.2 Å². The topological polar surface area (TPSA) is 88.6 Å². The number of carbonyl (C=O) groups excluding carboxylic acids is 1. The molecule has 0 radical (unpaired) electrons. The van der Waals surface area contributed by atoms with Crippen LogP contribution in [0.4, 0.5) is 11.4 Å². The fourth-order valence-corrected chi connectivity index (χ4v) is 4.86. The number of fused-ring (bicyclic) bond motifs is 1. The maximum atomic E-state index is 12.7. The second-order valence-corrected chi connectivity index (χ2v) is 9.04. The maximum Gasteiger partial charge on any atom is 0.341 e. The number of hydrogen-bond donors (Lipinski definition) is 1. The molecule has 164 valence electrons. The van der Waals surface area contributed by atoms with Crippen LogP contribution in [0.2, 0.25) is 5.02 Å². The van der Waals surface area contributed by atoms with Gasteiger partial charge in [-0.3, -0.25) is 4.98 Å². The van der Waals surface area contributed by atoms with Gasteiger partial charge in [0, 0.05) is 35.4 Å². The summed E-state index contributed by atoms with van der Waals surface area (Å²) in [6, 6.07) is 11.6. The van der Waals surface area contributed by atoms with Crippen LogP contribution in [0.5, 0.6) is 0 Å². The third-order valence-electron chi connectivity index (χ3n) is 4.79. The van der Waals surface area contributed by atoms with E-state index in [0.717, 1.165) is 0 Å². The highest BCUT2D eigenvalue weighted by atomic mass is 35.5. The molecule has 0 spiro atoms. The summed E-state index contributed by atoms with van der Waals surface area (Å²) in [6.07, 6.45) is 1.45. The fourth-order valence-electron chi connectivity index (χ4n) is 3.23. The molecule has 9 heteroatoms. The van der Waals surface area contributed by atoms with E-state index in [9.17, 15) is 13.2 Å². The summed E-state index contributed by atoms with van der Waals surface area (Å²) < 4.78 is 32.0. The minimum atomic E-state index is -3.56. The van der Waals surface area contributed by atoms with Crippen molar-refractivity contribution in [1.29, 1.82) is 0 Å². The average Bonchev–Trinajstić information content (AvgIpc) is 2.75. The first kappa shape index (κ1) is 23.0. The molecule has 0 atom stereocenters. The first-order chi connectivity index (χ1) is 14.8. The predicted octanol–water partition coefficient (Wildman–Crippen LogP) is 4.84. The zero-order valence-electron chi connectivity index (χ0n) is 17.6. The molecule has 31 heavy (non-hydrogen) atoms. The van der Waals surface area contributed by atoms with Crippen LogP contribution in [0.15, 0.2) is 53.6 Å². The lowest BCUT2D eigenvalue weighted by atomic mass is 10.1. The first-order valence-corrected chi connectivity index (χ1v) is 11.8. The first-order valence-electron chi connectivity index (χ1n) is 9.94. The lowest BCUT2D eigenvalue weighted by molar-refractivity contribution is 0.0527. The predicted molar refractivity (Wildman–Crippen MR) is 123 cm³/mol. The zero-order chi connectivity index (χ0) is 22.6. The van der Waals surface area contributed by atoms with Gasteiger partial charge in [-0.1, -0.05) is 25.4 Å². The Kier molecular flexibility index (Phi) is 7.15. The number of halogens is 1. The molecule has 0 amide bonds. The van der Waals surface area contributed by atoms with E-state index in [1.165, 1.54) is 22.6 Å². The van der Waals surface area contributed by atoms with Crippen LogP contribution >= 0.6 is 11.6 Å². The van der Waals surface area contributed by atoms with Gasteiger partial charge in [-0.05, 0) is 49.4 Å². The van der Waals surface area contributed by atoms with Crippen molar-refractivity contribution < 1.29 is 17.9 Å². The number of ether oxygens (including phenoxy) is 1. The van der Waals surface area contributed by atoms with Crippen molar-refractivity contribution in [2.75, 3.05) is 25.0 Å². The SMILES string of the molecule is CCOC(=O)c1cnc2ccc(Cl)cc2c1Nc1ccc(S(=O)(=O)N(CC)CC)cc1. The number of nitrogens with zero attached hydrogens (tertiary/aromatic N) is 2. The van der Waals surface area contributed by atoms with Gasteiger partial charge in [0.1, 0.15) is 5.56 Å². The minimum absolute atomic E-state index is 0.204. The average molecular weight is 462 g/mol. The van der Waals surface area contributed by atoms with Gasteiger partial charge in [0.2, 0.25) is 10.0 Å². The highest BCUT2D eigenvalue weighted by molar-refractivity contribution is 7.89. The van der Waals surface area contributed by atoms with E-state index in [0.29, 0.717) is 40.4 Å². The van der Waals surface area contributed by atoms with Gasteiger partial charge >= 0.3 is 5.97 Å². The van der Waals surface area contributed by atoms with Crippen LogP contribution in [0.1, 0.15) is 31.1 Å². The summed E-state index contributed by atoms with van der Waals surface area (Å²) in [5.74, 6) is -0.514. The molecular weight excluding hydrogens is 438 g/mol. The van der Waals surface area contributed by atoms with Gasteiger partial charge in [-0.2, -0.15) is 4.31 Å². The molecule has 1 heterocycles. The van der Waals surface area contributed by atoms with Crippen molar-refractivity contribution in [1.82, 2.24) is 9.29 Å². The van der Waals surface area contributed by atoms with Crippen molar-refractivity contribution in [3.05, 3.63) is 59.2 Å². The highest BCUT2D eigenvalue weighted by Crippen LogP contribution is 2.32. The molecule has 3 aromatic rings. The molecule has 0 bridgehead atoms. The number of rotatable bonds is 8. The standard InChI is InChI=1S/C22H24ClN3O4S/c1-4-26(5-2)31(28,29)17-10-8-16(9-11-17)25-21-18-13-15(23)7-12-20(18)24-14-19(21)22(27)30-6-3/h7-14H,4-6H2,1-3H3,(H,24,25). The normalized spacial score (nSPS) is 11.6. The van der Waals surface area contributed by atoms with Crippen molar-refractivity contribution in [2.45, 2.75) is 25.7 Å². The molecule has 0 saturated heterocycles. The summed E-state index contributed by atoms with van der Waals surface area (Å²) in [4.78, 5) is 17.0. The van der Waals surface area contributed by atoms with Crippen LogP contribution in [-0.4, -0.2) is 43.4 Å². The molecule has 0 aliphatic heterocycles. The lowest BCUT2D eigenvalue weighted by Gasteiger charge is -2.19. The third kappa shape index (κ3) is 4.81. The Labute approximate surface area is 187 Å². The summed E-state index contributed by atoms with van der Waals surface area (Å²) in [5.41, 5.74) is 2.01. The van der Waals surface area contributed by atoms with Crippen LogP contribution < -0.4 is 5.32 Å². The van der Waals surface area contributed by atoms with Crippen LogP contribution in [0, 0.1) is 0 Å². The van der Waals surface area contributed by atoms with Gasteiger partial charge in [0.05, 0.1) is 22.7 Å².